The van der Waals surface area contributed by atoms with E-state index in [2.05, 4.69) is 38.7 Å². The van der Waals surface area contributed by atoms with E-state index in [9.17, 15) is 0 Å². The van der Waals surface area contributed by atoms with Crippen LogP contribution in [0.15, 0.2) is 21.7 Å². The highest BCUT2D eigenvalue weighted by atomic mass is 79.9. The Morgan fingerprint density at radius 1 is 1.45 bits per heavy atom. The molecule has 0 fully saturated rings. The van der Waals surface area contributed by atoms with Gasteiger partial charge in [-0.15, -0.1) is 0 Å². The number of benzene rings is 1. The third kappa shape index (κ3) is 4.08. The summed E-state index contributed by atoms with van der Waals surface area (Å²) < 4.78 is 11.5. The number of ether oxygens (including phenoxy) is 2. The van der Waals surface area contributed by atoms with Crippen LogP contribution in [0.3, 0.4) is 0 Å². The van der Waals surface area contributed by atoms with Crippen molar-refractivity contribution in [2.75, 3.05) is 13.3 Å². The Morgan fingerprint density at radius 2 is 2.20 bits per heavy atom. The lowest BCUT2D eigenvalue weighted by Gasteiger charge is -2.06. The van der Waals surface area contributed by atoms with Gasteiger partial charge in [-0.05, 0) is 46.7 Å². The van der Waals surface area contributed by atoms with E-state index < -0.39 is 0 Å². The van der Waals surface area contributed by atoms with Gasteiger partial charge in [-0.2, -0.15) is 5.10 Å². The average Bonchev–Trinajstić information content (AvgIpc) is 2.86. The van der Waals surface area contributed by atoms with E-state index in [-0.39, 0.29) is 6.79 Å². The molecule has 108 valence electrons. The van der Waals surface area contributed by atoms with Crippen LogP contribution in [-0.2, 0) is 0 Å². The lowest BCUT2D eigenvalue weighted by molar-refractivity contribution is 0.174. The number of unbranched alkanes of at least 4 members (excludes halogenated alkanes) is 1. The minimum atomic E-state index is 0.256. The molecule has 0 amide bonds. The van der Waals surface area contributed by atoms with Gasteiger partial charge in [0.1, 0.15) is 0 Å². The van der Waals surface area contributed by atoms with Crippen LogP contribution in [0.5, 0.6) is 11.5 Å². The maximum absolute atomic E-state index is 5.32. The number of nitrogens with zero attached hydrogens (tertiary/aromatic N) is 1. The van der Waals surface area contributed by atoms with Gasteiger partial charge in [-0.25, -0.2) is 0 Å². The Hall–Kier alpha value is -1.34. The molecule has 0 bridgehead atoms. The maximum Gasteiger partial charge on any atom is 0.231 e. The van der Waals surface area contributed by atoms with Crippen LogP contribution in [0, 0.1) is 0 Å². The summed E-state index contributed by atoms with van der Waals surface area (Å²) >= 11 is 8.57. The topological polar surface area (TPSA) is 54.9 Å². The summed E-state index contributed by atoms with van der Waals surface area (Å²) in [7, 11) is 0. The highest BCUT2D eigenvalue weighted by Crippen LogP contribution is 2.36. The number of fused-ring (bicyclic) bond motifs is 1. The van der Waals surface area contributed by atoms with Crippen molar-refractivity contribution in [1.29, 1.82) is 0 Å². The highest BCUT2D eigenvalue weighted by Gasteiger charge is 2.15. The molecule has 5 nitrogen and oxygen atoms in total. The van der Waals surface area contributed by atoms with Gasteiger partial charge in [0.15, 0.2) is 16.6 Å². The smallest absolute Gasteiger partial charge is 0.231 e. The summed E-state index contributed by atoms with van der Waals surface area (Å²) in [5.74, 6) is 1.46. The van der Waals surface area contributed by atoms with E-state index in [0.29, 0.717) is 5.11 Å². The van der Waals surface area contributed by atoms with Gasteiger partial charge in [-0.3, -0.25) is 5.43 Å². The van der Waals surface area contributed by atoms with Crippen LogP contribution in [-0.4, -0.2) is 24.7 Å². The van der Waals surface area contributed by atoms with Gasteiger partial charge in [0.25, 0.3) is 0 Å². The molecule has 1 aromatic rings. The average molecular weight is 358 g/mol. The first-order chi connectivity index (χ1) is 9.70. The van der Waals surface area contributed by atoms with E-state index in [1.54, 1.807) is 6.21 Å². The number of hydrazone groups is 1. The number of rotatable bonds is 5. The third-order valence-corrected chi connectivity index (χ3v) is 3.60. The van der Waals surface area contributed by atoms with Gasteiger partial charge in [0.2, 0.25) is 6.79 Å². The predicted octanol–water partition coefficient (Wildman–Crippen LogP) is 2.78. The van der Waals surface area contributed by atoms with Crippen LogP contribution >= 0.6 is 28.1 Å². The molecule has 0 radical (unpaired) electrons. The molecule has 0 aliphatic carbocycles. The molecule has 1 heterocycles. The van der Waals surface area contributed by atoms with Gasteiger partial charge in [-0.1, -0.05) is 13.3 Å². The molecule has 1 aliphatic rings. The van der Waals surface area contributed by atoms with Gasteiger partial charge in [0, 0.05) is 16.6 Å². The van der Waals surface area contributed by atoms with E-state index in [1.807, 2.05) is 12.1 Å². The minimum Gasteiger partial charge on any atom is -0.454 e. The zero-order chi connectivity index (χ0) is 14.4. The summed E-state index contributed by atoms with van der Waals surface area (Å²) in [5.41, 5.74) is 3.67. The Bertz CT molecular complexity index is 523. The van der Waals surface area contributed by atoms with Crippen LogP contribution in [0.4, 0.5) is 0 Å². The molecule has 1 aromatic carbocycles. The molecule has 0 aromatic heterocycles. The second kappa shape index (κ2) is 7.44. The predicted molar refractivity (Wildman–Crippen MR) is 86.5 cm³/mol. The molecule has 2 N–H and O–H groups in total. The van der Waals surface area contributed by atoms with Crippen molar-refractivity contribution in [3.8, 4) is 11.5 Å². The molecule has 1 aliphatic heterocycles. The van der Waals surface area contributed by atoms with Crippen molar-refractivity contribution in [3.05, 3.63) is 22.2 Å². The standard InChI is InChI=1S/C13H16BrN3O2S/c1-2-3-4-15-13(20)17-16-7-9-5-11-12(6-10(9)14)19-8-18-11/h5-7H,2-4,8H2,1H3,(H2,15,17,20)/b16-7-. The number of nitrogens with one attached hydrogen (secondary N) is 2. The molecule has 7 heteroatoms. The summed E-state index contributed by atoms with van der Waals surface area (Å²) in [6, 6.07) is 3.73. The number of halogens is 1. The molecule has 0 atom stereocenters. The van der Waals surface area contributed by atoms with E-state index >= 15 is 0 Å². The lowest BCUT2D eigenvalue weighted by Crippen LogP contribution is -2.32. The quantitative estimate of drug-likeness (QED) is 0.367. The van der Waals surface area contributed by atoms with E-state index in [0.717, 1.165) is 40.9 Å². The van der Waals surface area contributed by atoms with Crippen LogP contribution in [0.2, 0.25) is 0 Å². The van der Waals surface area contributed by atoms with Crippen LogP contribution in [0.1, 0.15) is 25.3 Å². The van der Waals surface area contributed by atoms with Crippen molar-refractivity contribution in [1.82, 2.24) is 10.7 Å². The van der Waals surface area contributed by atoms with Crippen LogP contribution in [0.25, 0.3) is 0 Å². The Morgan fingerprint density at radius 3 is 2.95 bits per heavy atom. The molecule has 0 unspecified atom stereocenters. The molecular weight excluding hydrogens is 342 g/mol. The molecular formula is C13H16BrN3O2S. The largest absolute Gasteiger partial charge is 0.454 e. The molecule has 0 saturated carbocycles. The van der Waals surface area contributed by atoms with Crippen molar-refractivity contribution in [2.45, 2.75) is 19.8 Å². The molecule has 2 rings (SSSR count). The van der Waals surface area contributed by atoms with Crippen molar-refractivity contribution >= 4 is 39.5 Å². The summed E-state index contributed by atoms with van der Waals surface area (Å²) in [4.78, 5) is 0. The summed E-state index contributed by atoms with van der Waals surface area (Å²) in [6.07, 6.45) is 3.89. The Kier molecular flexibility index (Phi) is 5.60. The Balaban J connectivity index is 1.90. The van der Waals surface area contributed by atoms with E-state index in [4.69, 9.17) is 21.7 Å². The van der Waals surface area contributed by atoms with Crippen LogP contribution < -0.4 is 20.2 Å². The second-order valence-corrected chi connectivity index (χ2v) is 5.47. The van der Waals surface area contributed by atoms with Gasteiger partial charge < -0.3 is 14.8 Å². The fourth-order valence-electron chi connectivity index (χ4n) is 1.61. The first kappa shape index (κ1) is 15.1. The fraction of sp³-hybridized carbons (Fsp3) is 0.385. The monoisotopic (exact) mass is 357 g/mol. The summed E-state index contributed by atoms with van der Waals surface area (Å²) in [5, 5.41) is 7.70. The molecule has 0 saturated heterocycles. The lowest BCUT2D eigenvalue weighted by atomic mass is 10.2. The number of hydrogen-bond donors (Lipinski definition) is 2. The molecule has 0 spiro atoms. The molecule has 20 heavy (non-hydrogen) atoms. The fourth-order valence-corrected chi connectivity index (χ4v) is 2.19. The Labute approximate surface area is 131 Å². The van der Waals surface area contributed by atoms with Crippen molar-refractivity contribution in [3.63, 3.8) is 0 Å². The second-order valence-electron chi connectivity index (χ2n) is 4.21. The van der Waals surface area contributed by atoms with Gasteiger partial charge in [0.05, 0.1) is 6.21 Å². The maximum atomic E-state index is 5.32. The van der Waals surface area contributed by atoms with E-state index in [1.165, 1.54) is 0 Å². The normalized spacial score (nSPS) is 12.7. The first-order valence-corrected chi connectivity index (χ1v) is 7.57. The SMILES string of the molecule is CCCCNC(=S)N/N=C\c1cc2c(cc1Br)OCO2. The van der Waals surface area contributed by atoms with Crippen molar-refractivity contribution in [2.24, 2.45) is 5.10 Å². The summed E-state index contributed by atoms with van der Waals surface area (Å²) in [6.45, 7) is 3.24. The van der Waals surface area contributed by atoms with Crippen molar-refractivity contribution < 1.29 is 9.47 Å². The zero-order valence-corrected chi connectivity index (χ0v) is 13.5. The third-order valence-electron chi connectivity index (χ3n) is 2.68. The zero-order valence-electron chi connectivity index (χ0n) is 11.1. The highest BCUT2D eigenvalue weighted by molar-refractivity contribution is 9.10. The van der Waals surface area contributed by atoms with Gasteiger partial charge >= 0.3 is 0 Å². The first-order valence-electron chi connectivity index (χ1n) is 6.36. The number of thiocarbonyl (C=S) groups is 1. The number of hydrogen-bond acceptors (Lipinski definition) is 4. The minimum absolute atomic E-state index is 0.256.